The Morgan fingerprint density at radius 2 is 2.44 bits per heavy atom. The van der Waals surface area contributed by atoms with E-state index in [-0.39, 0.29) is 5.92 Å². The number of carbonyl (C=O) groups excluding carboxylic acids is 1. The Balaban J connectivity index is 3.40. The Morgan fingerprint density at radius 1 is 1.78 bits per heavy atom. The van der Waals surface area contributed by atoms with E-state index in [2.05, 4.69) is 0 Å². The van der Waals surface area contributed by atoms with E-state index in [9.17, 15) is 4.79 Å². The molecule has 0 amide bonds. The van der Waals surface area contributed by atoms with E-state index in [0.717, 1.165) is 6.29 Å². The second-order valence-corrected chi connectivity index (χ2v) is 1.88. The second-order valence-electron chi connectivity index (χ2n) is 1.88. The van der Waals surface area contributed by atoms with Gasteiger partial charge in [-0.25, -0.2) is 0 Å². The maximum Gasteiger partial charge on any atom is 0.123 e. The van der Waals surface area contributed by atoms with Gasteiger partial charge in [0.25, 0.3) is 0 Å². The Labute approximate surface area is 54.8 Å². The minimum absolute atomic E-state index is 0.0367. The highest BCUT2D eigenvalue weighted by atomic mass is 16.1. The van der Waals surface area contributed by atoms with Crippen LogP contribution in [0, 0.1) is 17.2 Å². The molecular formula is C7H9NO. The summed E-state index contributed by atoms with van der Waals surface area (Å²) in [5.41, 5.74) is 0. The highest BCUT2D eigenvalue weighted by Gasteiger charge is 1.92. The summed E-state index contributed by atoms with van der Waals surface area (Å²) in [7, 11) is 0. The standard InChI is InChI=1S/C7H9NO/c1-7(6-9)4-2-3-5-8/h2-3,6-7H,4H2,1H3. The molecule has 1 atom stereocenters. The monoisotopic (exact) mass is 123 g/mol. The third-order valence-electron chi connectivity index (χ3n) is 0.933. The average molecular weight is 123 g/mol. The Hall–Kier alpha value is -1.10. The van der Waals surface area contributed by atoms with Crippen molar-refractivity contribution in [2.75, 3.05) is 0 Å². The van der Waals surface area contributed by atoms with Crippen molar-refractivity contribution in [3.63, 3.8) is 0 Å². The molecule has 0 aliphatic heterocycles. The van der Waals surface area contributed by atoms with Gasteiger partial charge in [-0.15, -0.1) is 0 Å². The maximum absolute atomic E-state index is 9.98. The predicted molar refractivity (Wildman–Crippen MR) is 34.6 cm³/mol. The fourth-order valence-electron chi connectivity index (χ4n) is 0.391. The maximum atomic E-state index is 9.98. The van der Waals surface area contributed by atoms with E-state index in [1.165, 1.54) is 6.08 Å². The number of allylic oxidation sites excluding steroid dienone is 2. The minimum Gasteiger partial charge on any atom is -0.303 e. The van der Waals surface area contributed by atoms with Crippen molar-refractivity contribution in [1.82, 2.24) is 0 Å². The molecule has 0 rings (SSSR count). The predicted octanol–water partition coefficient (Wildman–Crippen LogP) is 1.29. The number of carbonyl (C=O) groups is 1. The van der Waals surface area contributed by atoms with Crippen molar-refractivity contribution in [1.29, 1.82) is 5.26 Å². The molecule has 0 radical (unpaired) electrons. The van der Waals surface area contributed by atoms with E-state index in [1.807, 2.05) is 13.0 Å². The lowest BCUT2D eigenvalue weighted by Crippen LogP contribution is -1.91. The molecule has 0 N–H and O–H groups in total. The fourth-order valence-corrected chi connectivity index (χ4v) is 0.391. The minimum atomic E-state index is 0.0367. The molecule has 0 fully saturated rings. The highest BCUT2D eigenvalue weighted by Crippen LogP contribution is 1.96. The number of hydrogen-bond acceptors (Lipinski definition) is 2. The van der Waals surface area contributed by atoms with Gasteiger partial charge in [0.05, 0.1) is 6.07 Å². The molecule has 0 spiro atoms. The third kappa shape index (κ3) is 4.76. The lowest BCUT2D eigenvalue weighted by Gasteiger charge is -1.92. The summed E-state index contributed by atoms with van der Waals surface area (Å²) in [5, 5.41) is 8.03. The van der Waals surface area contributed by atoms with E-state index in [0.29, 0.717) is 6.42 Å². The van der Waals surface area contributed by atoms with Gasteiger partial charge in [-0.3, -0.25) is 0 Å². The van der Waals surface area contributed by atoms with Gasteiger partial charge >= 0.3 is 0 Å². The molecular weight excluding hydrogens is 114 g/mol. The van der Waals surface area contributed by atoms with Gasteiger partial charge in [0.2, 0.25) is 0 Å². The zero-order chi connectivity index (χ0) is 7.11. The van der Waals surface area contributed by atoms with E-state index < -0.39 is 0 Å². The summed E-state index contributed by atoms with van der Waals surface area (Å²) in [4.78, 5) is 9.98. The summed E-state index contributed by atoms with van der Waals surface area (Å²) < 4.78 is 0. The molecule has 0 aliphatic rings. The van der Waals surface area contributed by atoms with Crippen molar-refractivity contribution in [3.05, 3.63) is 12.2 Å². The van der Waals surface area contributed by atoms with Crippen LogP contribution in [0.1, 0.15) is 13.3 Å². The Bertz CT molecular complexity index is 143. The van der Waals surface area contributed by atoms with Crippen molar-refractivity contribution in [2.24, 2.45) is 5.92 Å². The van der Waals surface area contributed by atoms with Crippen molar-refractivity contribution >= 4 is 6.29 Å². The van der Waals surface area contributed by atoms with Gasteiger partial charge in [-0.2, -0.15) is 5.26 Å². The zero-order valence-corrected chi connectivity index (χ0v) is 5.37. The molecule has 0 saturated heterocycles. The van der Waals surface area contributed by atoms with Crippen molar-refractivity contribution in [2.45, 2.75) is 13.3 Å². The first-order valence-electron chi connectivity index (χ1n) is 2.81. The fraction of sp³-hybridized carbons (Fsp3) is 0.429. The van der Waals surface area contributed by atoms with Crippen LogP contribution in [-0.4, -0.2) is 6.29 Å². The van der Waals surface area contributed by atoms with E-state index in [1.54, 1.807) is 6.08 Å². The Kier molecular flexibility index (Phi) is 4.43. The first-order valence-corrected chi connectivity index (χ1v) is 2.81. The van der Waals surface area contributed by atoms with Gasteiger partial charge < -0.3 is 4.79 Å². The lowest BCUT2D eigenvalue weighted by atomic mass is 10.1. The molecule has 48 valence electrons. The molecule has 0 aliphatic carbocycles. The molecule has 2 heteroatoms. The largest absolute Gasteiger partial charge is 0.303 e. The first kappa shape index (κ1) is 7.90. The Morgan fingerprint density at radius 3 is 2.89 bits per heavy atom. The third-order valence-corrected chi connectivity index (χ3v) is 0.933. The quantitative estimate of drug-likeness (QED) is 0.419. The molecule has 0 aromatic carbocycles. The molecule has 0 saturated carbocycles. The molecule has 0 heterocycles. The van der Waals surface area contributed by atoms with Crippen LogP contribution in [0.15, 0.2) is 12.2 Å². The van der Waals surface area contributed by atoms with Crippen LogP contribution >= 0.6 is 0 Å². The second kappa shape index (κ2) is 5.04. The first-order chi connectivity index (χ1) is 4.31. The molecule has 0 aromatic rings. The SMILES string of the molecule is CC(C=O)CC=CC#N. The van der Waals surface area contributed by atoms with E-state index in [4.69, 9.17) is 5.26 Å². The van der Waals surface area contributed by atoms with Crippen LogP contribution in [0.5, 0.6) is 0 Å². The van der Waals surface area contributed by atoms with Gasteiger partial charge in [0.1, 0.15) is 6.29 Å². The van der Waals surface area contributed by atoms with Crippen LogP contribution in [0.25, 0.3) is 0 Å². The van der Waals surface area contributed by atoms with Gasteiger partial charge in [-0.1, -0.05) is 13.0 Å². The summed E-state index contributed by atoms with van der Waals surface area (Å²) in [6, 6.07) is 1.85. The number of rotatable bonds is 3. The topological polar surface area (TPSA) is 40.9 Å². The van der Waals surface area contributed by atoms with Crippen LogP contribution in [-0.2, 0) is 4.79 Å². The van der Waals surface area contributed by atoms with Crippen molar-refractivity contribution in [3.8, 4) is 6.07 Å². The summed E-state index contributed by atoms with van der Waals surface area (Å²) in [5.74, 6) is 0.0367. The van der Waals surface area contributed by atoms with Gasteiger partial charge in [-0.05, 0) is 6.42 Å². The highest BCUT2D eigenvalue weighted by molar-refractivity contribution is 5.53. The lowest BCUT2D eigenvalue weighted by molar-refractivity contribution is -0.110. The van der Waals surface area contributed by atoms with Crippen molar-refractivity contribution < 1.29 is 4.79 Å². The van der Waals surface area contributed by atoms with Gasteiger partial charge in [0, 0.05) is 12.0 Å². The van der Waals surface area contributed by atoms with Gasteiger partial charge in [0.15, 0.2) is 0 Å². The normalized spacial score (nSPS) is 12.9. The number of hydrogen-bond donors (Lipinski definition) is 0. The number of aldehydes is 1. The number of nitriles is 1. The molecule has 0 bridgehead atoms. The molecule has 2 nitrogen and oxygen atoms in total. The summed E-state index contributed by atoms with van der Waals surface area (Å²) >= 11 is 0. The van der Waals surface area contributed by atoms with E-state index >= 15 is 0 Å². The van der Waals surface area contributed by atoms with Crippen LogP contribution < -0.4 is 0 Å². The van der Waals surface area contributed by atoms with Crippen LogP contribution in [0.2, 0.25) is 0 Å². The molecule has 0 aromatic heterocycles. The molecule has 9 heavy (non-hydrogen) atoms. The summed E-state index contributed by atoms with van der Waals surface area (Å²) in [6.45, 7) is 1.81. The molecule has 1 unspecified atom stereocenters. The van der Waals surface area contributed by atoms with Crippen LogP contribution in [0.4, 0.5) is 0 Å². The number of nitrogens with zero attached hydrogens (tertiary/aromatic N) is 1. The zero-order valence-electron chi connectivity index (χ0n) is 5.37. The summed E-state index contributed by atoms with van der Waals surface area (Å²) in [6.07, 6.45) is 4.62. The smallest absolute Gasteiger partial charge is 0.123 e. The van der Waals surface area contributed by atoms with Crippen LogP contribution in [0.3, 0.4) is 0 Å². The average Bonchev–Trinajstić information content (AvgIpc) is 1.89.